The molecule has 0 fully saturated rings. The third-order valence-electron chi connectivity index (χ3n) is 4.33. The van der Waals surface area contributed by atoms with Crippen LogP contribution in [0.15, 0.2) is 77.9 Å². The molecule has 0 saturated carbocycles. The highest BCUT2D eigenvalue weighted by Gasteiger charge is 2.05. The molecular formula is C23H19N3O3S. The van der Waals surface area contributed by atoms with Gasteiger partial charge in [0, 0.05) is 0 Å². The Morgan fingerprint density at radius 3 is 2.57 bits per heavy atom. The van der Waals surface area contributed by atoms with Crippen molar-refractivity contribution in [2.45, 2.75) is 6.61 Å². The quantitative estimate of drug-likeness (QED) is 0.257. The third-order valence-corrected chi connectivity index (χ3v) is 5.27. The van der Waals surface area contributed by atoms with Gasteiger partial charge in [0.05, 0.1) is 29.1 Å². The van der Waals surface area contributed by atoms with Crippen LogP contribution in [0.1, 0.15) is 21.5 Å². The van der Waals surface area contributed by atoms with Gasteiger partial charge in [-0.15, -0.1) is 0 Å². The fraction of sp³-hybridized carbons (Fsp3) is 0.0870. The molecule has 1 heterocycles. The van der Waals surface area contributed by atoms with Gasteiger partial charge in [-0.3, -0.25) is 5.43 Å². The van der Waals surface area contributed by atoms with Gasteiger partial charge in [0.25, 0.3) is 0 Å². The molecule has 3 aromatic carbocycles. The number of hydrogen-bond donors (Lipinski definition) is 1. The first-order valence-corrected chi connectivity index (χ1v) is 10.1. The van der Waals surface area contributed by atoms with E-state index in [1.54, 1.807) is 29.7 Å². The number of carbonyl (C=O) groups excluding carboxylic acids is 1. The lowest BCUT2D eigenvalue weighted by atomic mass is 10.1. The van der Waals surface area contributed by atoms with E-state index < -0.39 is 0 Å². The number of ether oxygens (including phenoxy) is 2. The Balaban J connectivity index is 1.30. The van der Waals surface area contributed by atoms with Gasteiger partial charge in [-0.1, -0.05) is 35.6 Å². The minimum absolute atomic E-state index is 0.350. The topological polar surface area (TPSA) is 72.8 Å². The molecule has 0 amide bonds. The molecule has 0 bridgehead atoms. The molecule has 150 valence electrons. The molecule has 7 heteroatoms. The van der Waals surface area contributed by atoms with Crippen molar-refractivity contribution in [3.05, 3.63) is 89.5 Å². The highest BCUT2D eigenvalue weighted by molar-refractivity contribution is 7.22. The van der Waals surface area contributed by atoms with Crippen LogP contribution in [-0.4, -0.2) is 24.3 Å². The van der Waals surface area contributed by atoms with E-state index in [1.165, 1.54) is 7.11 Å². The number of hydrogen-bond acceptors (Lipinski definition) is 7. The second-order valence-electron chi connectivity index (χ2n) is 6.40. The lowest BCUT2D eigenvalue weighted by Crippen LogP contribution is -2.02. The normalized spacial score (nSPS) is 11.0. The van der Waals surface area contributed by atoms with E-state index in [9.17, 15) is 4.79 Å². The lowest BCUT2D eigenvalue weighted by molar-refractivity contribution is 0.0600. The molecule has 4 aromatic rings. The highest BCUT2D eigenvalue weighted by Crippen LogP contribution is 2.25. The number of carbonyl (C=O) groups is 1. The standard InChI is InChI=1S/C23H19N3O3S/c1-28-22(27)18-10-6-17(7-11-18)15-29-19-12-8-16(9-13-19)14-24-26-23-25-20-4-2-3-5-21(20)30-23/h2-14H,15H2,1H3,(H,25,26)/b24-14-. The molecule has 0 aliphatic carbocycles. The Hall–Kier alpha value is -3.71. The Labute approximate surface area is 177 Å². The summed E-state index contributed by atoms with van der Waals surface area (Å²) < 4.78 is 11.6. The van der Waals surface area contributed by atoms with Gasteiger partial charge >= 0.3 is 5.97 Å². The number of hydrazone groups is 1. The SMILES string of the molecule is COC(=O)c1ccc(COc2ccc(/C=N\Nc3nc4ccccc4s3)cc2)cc1. The number of para-hydroxylation sites is 1. The van der Waals surface area contributed by atoms with Crippen molar-refractivity contribution < 1.29 is 14.3 Å². The first kappa shape index (κ1) is 19.6. The molecule has 6 nitrogen and oxygen atoms in total. The molecule has 0 unspecified atom stereocenters. The summed E-state index contributed by atoms with van der Waals surface area (Å²) in [7, 11) is 1.37. The predicted molar refractivity (Wildman–Crippen MR) is 119 cm³/mol. The average Bonchev–Trinajstić information content (AvgIpc) is 3.21. The first-order valence-electron chi connectivity index (χ1n) is 9.26. The highest BCUT2D eigenvalue weighted by atomic mass is 32.1. The Bertz CT molecular complexity index is 1140. The summed E-state index contributed by atoms with van der Waals surface area (Å²) in [6.45, 7) is 0.411. The maximum atomic E-state index is 11.5. The Morgan fingerprint density at radius 1 is 1.07 bits per heavy atom. The molecule has 1 aromatic heterocycles. The minimum Gasteiger partial charge on any atom is -0.489 e. The van der Waals surface area contributed by atoms with Gasteiger partial charge in [-0.05, 0) is 59.7 Å². The van der Waals surface area contributed by atoms with Crippen molar-refractivity contribution in [1.29, 1.82) is 0 Å². The third kappa shape index (κ3) is 4.82. The first-order chi connectivity index (χ1) is 14.7. The van der Waals surface area contributed by atoms with Crippen LogP contribution in [0.3, 0.4) is 0 Å². The smallest absolute Gasteiger partial charge is 0.337 e. The van der Waals surface area contributed by atoms with Crippen molar-refractivity contribution in [3.8, 4) is 5.75 Å². The number of methoxy groups -OCH3 is 1. The zero-order valence-corrected chi connectivity index (χ0v) is 17.1. The van der Waals surface area contributed by atoms with E-state index in [4.69, 9.17) is 9.47 Å². The van der Waals surface area contributed by atoms with Gasteiger partial charge in [-0.25, -0.2) is 9.78 Å². The summed E-state index contributed by atoms with van der Waals surface area (Å²) in [4.78, 5) is 15.9. The second kappa shape index (κ2) is 9.19. The lowest BCUT2D eigenvalue weighted by Gasteiger charge is -2.07. The van der Waals surface area contributed by atoms with Gasteiger partial charge < -0.3 is 9.47 Å². The fourth-order valence-electron chi connectivity index (χ4n) is 2.75. The fourth-order valence-corrected chi connectivity index (χ4v) is 3.57. The van der Waals surface area contributed by atoms with Crippen molar-refractivity contribution >= 4 is 38.9 Å². The van der Waals surface area contributed by atoms with Gasteiger partial charge in [0.15, 0.2) is 0 Å². The number of benzene rings is 3. The summed E-state index contributed by atoms with van der Waals surface area (Å²) >= 11 is 1.56. The molecule has 4 rings (SSSR count). The van der Waals surface area contributed by atoms with Crippen LogP contribution >= 0.6 is 11.3 Å². The number of nitrogens with one attached hydrogen (secondary N) is 1. The van der Waals surface area contributed by atoms with Crippen molar-refractivity contribution in [3.63, 3.8) is 0 Å². The summed E-state index contributed by atoms with van der Waals surface area (Å²) in [5.41, 5.74) is 6.36. The van der Waals surface area contributed by atoms with E-state index in [2.05, 4.69) is 15.5 Å². The minimum atomic E-state index is -0.350. The van der Waals surface area contributed by atoms with Crippen LogP contribution in [0.2, 0.25) is 0 Å². The van der Waals surface area contributed by atoms with Crippen LogP contribution < -0.4 is 10.2 Å². The molecule has 0 aliphatic heterocycles. The number of fused-ring (bicyclic) bond motifs is 1. The number of rotatable bonds is 7. The number of esters is 1. The molecule has 0 radical (unpaired) electrons. The number of aromatic nitrogens is 1. The van der Waals surface area contributed by atoms with E-state index in [0.29, 0.717) is 12.2 Å². The molecule has 0 spiro atoms. The van der Waals surface area contributed by atoms with Gasteiger partial charge in [0.2, 0.25) is 5.13 Å². The average molecular weight is 417 g/mol. The number of anilines is 1. The summed E-state index contributed by atoms with van der Waals surface area (Å²) in [6, 6.07) is 22.8. The molecule has 30 heavy (non-hydrogen) atoms. The van der Waals surface area contributed by atoms with Crippen molar-refractivity contribution in [1.82, 2.24) is 4.98 Å². The predicted octanol–water partition coefficient (Wildman–Crippen LogP) is 5.11. The zero-order valence-electron chi connectivity index (χ0n) is 16.2. The largest absolute Gasteiger partial charge is 0.489 e. The molecule has 1 N–H and O–H groups in total. The van der Waals surface area contributed by atoms with Crippen LogP contribution in [0.4, 0.5) is 5.13 Å². The monoisotopic (exact) mass is 417 g/mol. The summed E-state index contributed by atoms with van der Waals surface area (Å²) in [5.74, 6) is 0.403. The van der Waals surface area contributed by atoms with Crippen LogP contribution in [0, 0.1) is 0 Å². The number of nitrogens with zero attached hydrogens (tertiary/aromatic N) is 2. The maximum absolute atomic E-state index is 11.5. The number of thiazole rings is 1. The molecule has 0 aliphatic rings. The van der Waals surface area contributed by atoms with Crippen LogP contribution in [-0.2, 0) is 11.3 Å². The summed E-state index contributed by atoms with van der Waals surface area (Å²) in [5, 5.41) is 5.01. The molecular weight excluding hydrogens is 398 g/mol. The Kier molecular flexibility index (Phi) is 6.01. The van der Waals surface area contributed by atoms with Gasteiger partial charge in [0.1, 0.15) is 12.4 Å². The van der Waals surface area contributed by atoms with Gasteiger partial charge in [-0.2, -0.15) is 5.10 Å². The Morgan fingerprint density at radius 2 is 1.83 bits per heavy atom. The zero-order chi connectivity index (χ0) is 20.8. The second-order valence-corrected chi connectivity index (χ2v) is 7.43. The van der Waals surface area contributed by atoms with E-state index in [-0.39, 0.29) is 5.97 Å². The van der Waals surface area contributed by atoms with E-state index in [0.717, 1.165) is 32.2 Å². The molecule has 0 saturated heterocycles. The van der Waals surface area contributed by atoms with Crippen molar-refractivity contribution in [2.75, 3.05) is 12.5 Å². The van der Waals surface area contributed by atoms with Crippen molar-refractivity contribution in [2.24, 2.45) is 5.10 Å². The van der Waals surface area contributed by atoms with E-state index in [1.807, 2.05) is 60.7 Å². The van der Waals surface area contributed by atoms with Crippen LogP contribution in [0.5, 0.6) is 5.75 Å². The molecule has 0 atom stereocenters. The maximum Gasteiger partial charge on any atom is 0.337 e. The summed E-state index contributed by atoms with van der Waals surface area (Å²) in [6.07, 6.45) is 1.74. The van der Waals surface area contributed by atoms with Crippen LogP contribution in [0.25, 0.3) is 10.2 Å². The van der Waals surface area contributed by atoms with E-state index >= 15 is 0 Å².